The smallest absolute Gasteiger partial charge is 0.229 e. The van der Waals surface area contributed by atoms with Crippen molar-refractivity contribution < 1.29 is 9.21 Å². The molecule has 2 heterocycles. The van der Waals surface area contributed by atoms with Crippen molar-refractivity contribution in [3.8, 4) is 0 Å². The highest BCUT2D eigenvalue weighted by molar-refractivity contribution is 5.84. The predicted octanol–water partition coefficient (Wildman–Crippen LogP) is 1.79. The second kappa shape index (κ2) is 5.69. The van der Waals surface area contributed by atoms with Crippen molar-refractivity contribution in [2.45, 2.75) is 32.9 Å². The van der Waals surface area contributed by atoms with Crippen LogP contribution in [0, 0.1) is 13.8 Å². The largest absolute Gasteiger partial charge is 0.444 e. The molecule has 1 aromatic carbocycles. The lowest BCUT2D eigenvalue weighted by Gasteiger charge is -2.25. The molecule has 0 saturated carbocycles. The lowest BCUT2D eigenvalue weighted by molar-refractivity contribution is -0.122. The summed E-state index contributed by atoms with van der Waals surface area (Å²) in [6, 6.07) is 8.06. The molecule has 2 N–H and O–H groups in total. The third kappa shape index (κ3) is 2.83. The fourth-order valence-corrected chi connectivity index (χ4v) is 2.63. The van der Waals surface area contributed by atoms with Crippen LogP contribution >= 0.6 is 0 Å². The van der Waals surface area contributed by atoms with E-state index in [9.17, 15) is 4.79 Å². The summed E-state index contributed by atoms with van der Waals surface area (Å²) in [5, 5.41) is 6.20. The van der Waals surface area contributed by atoms with Crippen LogP contribution in [0.2, 0.25) is 0 Å². The quantitative estimate of drug-likeness (QED) is 0.902. The van der Waals surface area contributed by atoms with Gasteiger partial charge in [0.05, 0.1) is 18.2 Å². The standard InChI is InChI=1S/C16H19N3O2/c1-10-11(2)21-15(19-10)9-18-16(20)14-8-17-7-12-5-3-4-6-13(12)14/h3-6,14,17H,7-9H2,1-2H3,(H,18,20). The first-order chi connectivity index (χ1) is 10.1. The topological polar surface area (TPSA) is 67.2 Å². The third-order valence-electron chi connectivity index (χ3n) is 3.90. The van der Waals surface area contributed by atoms with Gasteiger partial charge in [-0.3, -0.25) is 4.79 Å². The Morgan fingerprint density at radius 1 is 1.43 bits per heavy atom. The zero-order valence-corrected chi connectivity index (χ0v) is 12.3. The number of amides is 1. The van der Waals surface area contributed by atoms with E-state index < -0.39 is 0 Å². The molecule has 21 heavy (non-hydrogen) atoms. The third-order valence-corrected chi connectivity index (χ3v) is 3.90. The molecule has 0 saturated heterocycles. The minimum absolute atomic E-state index is 0.00292. The van der Waals surface area contributed by atoms with E-state index in [1.807, 2.05) is 32.0 Å². The van der Waals surface area contributed by atoms with E-state index >= 15 is 0 Å². The number of nitrogens with zero attached hydrogens (tertiary/aromatic N) is 1. The van der Waals surface area contributed by atoms with Crippen LogP contribution < -0.4 is 10.6 Å². The van der Waals surface area contributed by atoms with E-state index in [0.717, 1.165) is 23.6 Å². The van der Waals surface area contributed by atoms with Gasteiger partial charge in [-0.2, -0.15) is 0 Å². The summed E-state index contributed by atoms with van der Waals surface area (Å²) in [4.78, 5) is 16.7. The molecule has 2 aromatic rings. The van der Waals surface area contributed by atoms with Crippen LogP contribution in [0.25, 0.3) is 0 Å². The number of hydrogen-bond acceptors (Lipinski definition) is 4. The van der Waals surface area contributed by atoms with Crippen molar-refractivity contribution in [3.63, 3.8) is 0 Å². The zero-order chi connectivity index (χ0) is 14.8. The number of aryl methyl sites for hydroxylation is 2. The maximum atomic E-state index is 12.4. The minimum Gasteiger partial charge on any atom is -0.444 e. The fourth-order valence-electron chi connectivity index (χ4n) is 2.63. The van der Waals surface area contributed by atoms with Crippen LogP contribution in [0.5, 0.6) is 0 Å². The van der Waals surface area contributed by atoms with Gasteiger partial charge in [0.25, 0.3) is 0 Å². The molecule has 0 fully saturated rings. The van der Waals surface area contributed by atoms with E-state index in [1.165, 1.54) is 5.56 Å². The molecule has 5 heteroatoms. The molecule has 0 radical (unpaired) electrons. The minimum atomic E-state index is -0.160. The summed E-state index contributed by atoms with van der Waals surface area (Å²) in [5.41, 5.74) is 3.16. The zero-order valence-electron chi connectivity index (χ0n) is 12.3. The number of aromatic nitrogens is 1. The van der Waals surface area contributed by atoms with E-state index in [4.69, 9.17) is 4.42 Å². The van der Waals surface area contributed by atoms with Gasteiger partial charge < -0.3 is 15.1 Å². The number of benzene rings is 1. The Labute approximate surface area is 123 Å². The molecule has 1 atom stereocenters. The van der Waals surface area contributed by atoms with Crippen LogP contribution in [0.4, 0.5) is 0 Å². The lowest BCUT2D eigenvalue weighted by atomic mass is 9.90. The molecule has 0 spiro atoms. The molecule has 0 bridgehead atoms. The van der Waals surface area contributed by atoms with E-state index in [0.29, 0.717) is 19.0 Å². The highest BCUT2D eigenvalue weighted by Gasteiger charge is 2.26. The fraction of sp³-hybridized carbons (Fsp3) is 0.375. The molecule has 3 rings (SSSR count). The Kier molecular flexibility index (Phi) is 3.75. The van der Waals surface area contributed by atoms with Crippen LogP contribution in [0.3, 0.4) is 0 Å². The van der Waals surface area contributed by atoms with Crippen LogP contribution in [0.1, 0.15) is 34.4 Å². The Hall–Kier alpha value is -2.14. The Morgan fingerprint density at radius 3 is 3.00 bits per heavy atom. The second-order valence-electron chi connectivity index (χ2n) is 5.35. The van der Waals surface area contributed by atoms with Crippen LogP contribution in [0.15, 0.2) is 28.7 Å². The van der Waals surface area contributed by atoms with Crippen molar-refractivity contribution in [2.24, 2.45) is 0 Å². The van der Waals surface area contributed by atoms with E-state index in [-0.39, 0.29) is 11.8 Å². The van der Waals surface area contributed by atoms with Gasteiger partial charge in [0, 0.05) is 13.1 Å². The first-order valence-corrected chi connectivity index (χ1v) is 7.14. The second-order valence-corrected chi connectivity index (χ2v) is 5.35. The monoisotopic (exact) mass is 285 g/mol. The summed E-state index contributed by atoms with van der Waals surface area (Å²) >= 11 is 0. The van der Waals surface area contributed by atoms with Crippen molar-refractivity contribution >= 4 is 5.91 Å². The van der Waals surface area contributed by atoms with Gasteiger partial charge >= 0.3 is 0 Å². The van der Waals surface area contributed by atoms with Crippen molar-refractivity contribution in [1.82, 2.24) is 15.6 Å². The predicted molar refractivity (Wildman–Crippen MR) is 78.7 cm³/mol. The average Bonchev–Trinajstić information content (AvgIpc) is 2.83. The summed E-state index contributed by atoms with van der Waals surface area (Å²) < 4.78 is 5.48. The highest BCUT2D eigenvalue weighted by atomic mass is 16.4. The Morgan fingerprint density at radius 2 is 2.24 bits per heavy atom. The average molecular weight is 285 g/mol. The van der Waals surface area contributed by atoms with Gasteiger partial charge in [0.2, 0.25) is 11.8 Å². The molecule has 1 aliphatic rings. The van der Waals surface area contributed by atoms with Gasteiger partial charge in [0.15, 0.2) is 0 Å². The van der Waals surface area contributed by atoms with Gasteiger partial charge in [0.1, 0.15) is 5.76 Å². The van der Waals surface area contributed by atoms with E-state index in [1.54, 1.807) is 0 Å². The van der Waals surface area contributed by atoms with Gasteiger partial charge in [-0.1, -0.05) is 24.3 Å². The summed E-state index contributed by atoms with van der Waals surface area (Å²) in [5.74, 6) is 1.19. The van der Waals surface area contributed by atoms with Gasteiger partial charge in [-0.05, 0) is 25.0 Å². The Balaban J connectivity index is 1.69. The molecule has 110 valence electrons. The van der Waals surface area contributed by atoms with Crippen molar-refractivity contribution in [3.05, 3.63) is 52.7 Å². The number of fused-ring (bicyclic) bond motifs is 1. The molecular formula is C16H19N3O2. The summed E-state index contributed by atoms with van der Waals surface area (Å²) in [7, 11) is 0. The SMILES string of the molecule is Cc1nc(CNC(=O)C2CNCc3ccccc32)oc1C. The molecule has 1 unspecified atom stereocenters. The molecule has 1 aromatic heterocycles. The summed E-state index contributed by atoms with van der Waals surface area (Å²) in [6.07, 6.45) is 0. The lowest BCUT2D eigenvalue weighted by Crippen LogP contribution is -2.38. The van der Waals surface area contributed by atoms with Crippen LogP contribution in [-0.2, 0) is 17.9 Å². The molecular weight excluding hydrogens is 266 g/mol. The maximum Gasteiger partial charge on any atom is 0.229 e. The normalized spacial score (nSPS) is 17.3. The number of carbonyl (C=O) groups excluding carboxylic acids is 1. The highest BCUT2D eigenvalue weighted by Crippen LogP contribution is 2.23. The number of oxazole rings is 1. The van der Waals surface area contributed by atoms with Crippen molar-refractivity contribution in [2.75, 3.05) is 6.54 Å². The van der Waals surface area contributed by atoms with E-state index in [2.05, 4.69) is 21.7 Å². The molecule has 0 aliphatic carbocycles. The summed E-state index contributed by atoms with van der Waals surface area (Å²) in [6.45, 7) is 5.57. The maximum absolute atomic E-state index is 12.4. The number of nitrogens with one attached hydrogen (secondary N) is 2. The van der Waals surface area contributed by atoms with Gasteiger partial charge in [-0.15, -0.1) is 0 Å². The van der Waals surface area contributed by atoms with Crippen molar-refractivity contribution in [1.29, 1.82) is 0 Å². The van der Waals surface area contributed by atoms with Gasteiger partial charge in [-0.25, -0.2) is 4.98 Å². The molecule has 1 amide bonds. The number of carbonyl (C=O) groups is 1. The first-order valence-electron chi connectivity index (χ1n) is 7.14. The Bertz CT molecular complexity index is 644. The molecule has 5 nitrogen and oxygen atoms in total. The molecule has 1 aliphatic heterocycles. The number of hydrogen-bond donors (Lipinski definition) is 2. The van der Waals surface area contributed by atoms with Crippen LogP contribution in [-0.4, -0.2) is 17.4 Å². The first kappa shape index (κ1) is 13.8. The number of rotatable bonds is 3.